The predicted octanol–water partition coefficient (Wildman–Crippen LogP) is 0.0706. The molecule has 0 bridgehead atoms. The normalized spacial score (nSPS) is 44.2. The van der Waals surface area contributed by atoms with Gasteiger partial charge >= 0.3 is 5.97 Å². The number of carboxylic acids is 1. The zero-order valence-corrected chi connectivity index (χ0v) is 5.76. The molecular weight excluding hydrogens is 130 g/mol. The fraction of sp³-hybridized carbons (Fsp3) is 0.857. The summed E-state index contributed by atoms with van der Waals surface area (Å²) in [5, 5.41) is 12.0. The van der Waals surface area contributed by atoms with Gasteiger partial charge in [-0.15, -0.1) is 0 Å². The van der Waals surface area contributed by atoms with Gasteiger partial charge < -0.3 is 10.4 Å². The average molecular weight is 141 g/mol. The molecule has 0 unspecified atom stereocenters. The summed E-state index contributed by atoms with van der Waals surface area (Å²) >= 11 is 0. The Kier molecular flexibility index (Phi) is 1.06. The Bertz CT molecular complexity index is 180. The molecule has 2 N–H and O–H groups in total. The van der Waals surface area contributed by atoms with Gasteiger partial charge in [-0.05, 0) is 25.3 Å². The summed E-state index contributed by atoms with van der Waals surface area (Å²) in [4.78, 5) is 10.7. The Morgan fingerprint density at radius 1 is 1.70 bits per heavy atom. The second kappa shape index (κ2) is 1.72. The van der Waals surface area contributed by atoms with Crippen LogP contribution in [0, 0.1) is 11.3 Å². The zero-order valence-electron chi connectivity index (χ0n) is 5.76. The molecule has 2 aliphatic rings. The lowest BCUT2D eigenvalue weighted by atomic mass is 9.62. The summed E-state index contributed by atoms with van der Waals surface area (Å²) in [5.74, 6) is -0.182. The topological polar surface area (TPSA) is 49.3 Å². The van der Waals surface area contributed by atoms with Crippen molar-refractivity contribution in [2.75, 3.05) is 13.1 Å². The summed E-state index contributed by atoms with van der Waals surface area (Å²) in [6, 6.07) is 0. The van der Waals surface area contributed by atoms with Gasteiger partial charge in [-0.25, -0.2) is 0 Å². The van der Waals surface area contributed by atoms with Crippen LogP contribution >= 0.6 is 0 Å². The fourth-order valence-electron chi connectivity index (χ4n) is 2.05. The molecule has 0 aromatic rings. The Morgan fingerprint density at radius 3 is 2.80 bits per heavy atom. The molecule has 0 amide bonds. The molecule has 0 spiro atoms. The quantitative estimate of drug-likeness (QED) is 0.543. The first-order chi connectivity index (χ1) is 4.76. The van der Waals surface area contributed by atoms with E-state index in [1.807, 2.05) is 0 Å². The highest BCUT2D eigenvalue weighted by molar-refractivity contribution is 5.77. The summed E-state index contributed by atoms with van der Waals surface area (Å²) in [6.07, 6.45) is 1.97. The molecular formula is C7H11NO2. The van der Waals surface area contributed by atoms with E-state index in [2.05, 4.69) is 5.32 Å². The van der Waals surface area contributed by atoms with Crippen LogP contribution in [0.25, 0.3) is 0 Å². The third kappa shape index (κ3) is 0.515. The molecule has 2 rings (SSSR count). The molecule has 0 radical (unpaired) electrons. The predicted molar refractivity (Wildman–Crippen MR) is 35.7 cm³/mol. The first-order valence-electron chi connectivity index (χ1n) is 3.70. The minimum absolute atomic E-state index is 0.361. The summed E-state index contributed by atoms with van der Waals surface area (Å²) in [5.41, 5.74) is -0.361. The van der Waals surface area contributed by atoms with Crippen molar-refractivity contribution in [1.29, 1.82) is 0 Å². The monoisotopic (exact) mass is 141 g/mol. The lowest BCUT2D eigenvalue weighted by Crippen LogP contribution is -2.46. The van der Waals surface area contributed by atoms with Gasteiger partial charge in [-0.2, -0.15) is 0 Å². The largest absolute Gasteiger partial charge is 0.481 e. The zero-order chi connectivity index (χ0) is 7.19. The lowest BCUT2D eigenvalue weighted by Gasteiger charge is -2.39. The highest BCUT2D eigenvalue weighted by Gasteiger charge is 2.55. The van der Waals surface area contributed by atoms with Gasteiger partial charge in [0.1, 0.15) is 0 Å². The lowest BCUT2D eigenvalue weighted by molar-refractivity contribution is -0.156. The number of fused-ring (bicyclic) bond motifs is 1. The van der Waals surface area contributed by atoms with Crippen LogP contribution in [0.4, 0.5) is 0 Å². The number of rotatable bonds is 1. The van der Waals surface area contributed by atoms with E-state index in [4.69, 9.17) is 5.11 Å². The molecule has 3 nitrogen and oxygen atoms in total. The summed E-state index contributed by atoms with van der Waals surface area (Å²) in [7, 11) is 0. The van der Waals surface area contributed by atoms with Crippen molar-refractivity contribution in [1.82, 2.24) is 5.32 Å². The molecule has 1 aliphatic heterocycles. The minimum Gasteiger partial charge on any atom is -0.481 e. The molecule has 1 heterocycles. The number of aliphatic carboxylic acids is 1. The van der Waals surface area contributed by atoms with E-state index in [1.165, 1.54) is 0 Å². The van der Waals surface area contributed by atoms with Crippen molar-refractivity contribution in [2.45, 2.75) is 12.8 Å². The Balaban J connectivity index is 2.21. The van der Waals surface area contributed by atoms with Crippen molar-refractivity contribution in [3.8, 4) is 0 Å². The van der Waals surface area contributed by atoms with Gasteiger partial charge in [0.25, 0.3) is 0 Å². The number of hydrogen-bond donors (Lipinski definition) is 2. The molecule has 1 aliphatic carbocycles. The Labute approximate surface area is 59.4 Å². The highest BCUT2D eigenvalue weighted by atomic mass is 16.4. The van der Waals surface area contributed by atoms with Crippen LogP contribution in [0.15, 0.2) is 0 Å². The smallest absolute Gasteiger partial charge is 0.311 e. The molecule has 2 atom stereocenters. The molecule has 10 heavy (non-hydrogen) atoms. The number of carbonyl (C=O) groups is 1. The third-order valence-electron chi connectivity index (χ3n) is 2.98. The molecule has 0 aromatic carbocycles. The fourth-order valence-corrected chi connectivity index (χ4v) is 2.05. The highest BCUT2D eigenvalue weighted by Crippen LogP contribution is 2.48. The Morgan fingerprint density at radius 2 is 2.50 bits per heavy atom. The first-order valence-corrected chi connectivity index (χ1v) is 3.70. The molecule has 1 saturated heterocycles. The third-order valence-corrected chi connectivity index (χ3v) is 2.98. The van der Waals surface area contributed by atoms with Crippen LogP contribution in [0.2, 0.25) is 0 Å². The van der Waals surface area contributed by atoms with E-state index in [9.17, 15) is 4.79 Å². The van der Waals surface area contributed by atoms with Crippen LogP contribution in [0.5, 0.6) is 0 Å². The second-order valence-electron chi connectivity index (χ2n) is 3.33. The van der Waals surface area contributed by atoms with E-state index in [0.717, 1.165) is 19.4 Å². The van der Waals surface area contributed by atoms with E-state index in [-0.39, 0.29) is 5.41 Å². The van der Waals surface area contributed by atoms with Gasteiger partial charge in [0.05, 0.1) is 5.41 Å². The van der Waals surface area contributed by atoms with Crippen LogP contribution in [0.3, 0.4) is 0 Å². The van der Waals surface area contributed by atoms with Crippen LogP contribution in [-0.4, -0.2) is 24.2 Å². The van der Waals surface area contributed by atoms with Crippen LogP contribution in [0.1, 0.15) is 12.8 Å². The summed E-state index contributed by atoms with van der Waals surface area (Å²) in [6.45, 7) is 1.60. The van der Waals surface area contributed by atoms with Crippen molar-refractivity contribution in [3.63, 3.8) is 0 Å². The second-order valence-corrected chi connectivity index (χ2v) is 3.33. The number of nitrogens with one attached hydrogen (secondary N) is 1. The van der Waals surface area contributed by atoms with Crippen LogP contribution in [-0.2, 0) is 4.79 Å². The maximum atomic E-state index is 10.7. The SMILES string of the molecule is O=C(O)[C@@]12CC[C@@H]1CNC2. The molecule has 56 valence electrons. The van der Waals surface area contributed by atoms with Crippen LogP contribution < -0.4 is 5.32 Å². The molecule has 3 heteroatoms. The van der Waals surface area contributed by atoms with Gasteiger partial charge in [0, 0.05) is 6.54 Å². The molecule has 1 saturated carbocycles. The number of carboxylic acid groups (broad SMARTS) is 1. The molecule has 2 fully saturated rings. The first kappa shape index (κ1) is 6.16. The number of hydrogen-bond acceptors (Lipinski definition) is 2. The van der Waals surface area contributed by atoms with E-state index >= 15 is 0 Å². The van der Waals surface area contributed by atoms with Crippen molar-refractivity contribution in [3.05, 3.63) is 0 Å². The van der Waals surface area contributed by atoms with E-state index in [0.29, 0.717) is 12.5 Å². The molecule has 0 aromatic heterocycles. The van der Waals surface area contributed by atoms with Crippen molar-refractivity contribution >= 4 is 5.97 Å². The van der Waals surface area contributed by atoms with Gasteiger partial charge in [0.15, 0.2) is 0 Å². The average Bonchev–Trinajstić information content (AvgIpc) is 2.09. The standard InChI is InChI=1S/C7H11NO2/c9-6(10)7-2-1-5(7)3-8-4-7/h5,8H,1-4H2,(H,9,10)/t5-,7-/m1/s1. The minimum atomic E-state index is -0.603. The van der Waals surface area contributed by atoms with Gasteiger partial charge in [-0.3, -0.25) is 4.79 Å². The maximum absolute atomic E-state index is 10.7. The van der Waals surface area contributed by atoms with Gasteiger partial charge in [-0.1, -0.05) is 0 Å². The van der Waals surface area contributed by atoms with Crippen molar-refractivity contribution in [2.24, 2.45) is 11.3 Å². The van der Waals surface area contributed by atoms with E-state index in [1.54, 1.807) is 0 Å². The summed E-state index contributed by atoms with van der Waals surface area (Å²) < 4.78 is 0. The Hall–Kier alpha value is -0.570. The van der Waals surface area contributed by atoms with E-state index < -0.39 is 5.97 Å². The van der Waals surface area contributed by atoms with Crippen molar-refractivity contribution < 1.29 is 9.90 Å². The maximum Gasteiger partial charge on any atom is 0.311 e. The van der Waals surface area contributed by atoms with Gasteiger partial charge in [0.2, 0.25) is 0 Å².